The van der Waals surface area contributed by atoms with Gasteiger partial charge in [0, 0.05) is 39.8 Å². The maximum Gasteiger partial charge on any atom is 0.289 e. The van der Waals surface area contributed by atoms with Gasteiger partial charge < -0.3 is 10.1 Å². The second-order valence-electron chi connectivity index (χ2n) is 6.91. The highest BCUT2D eigenvalue weighted by Crippen LogP contribution is 2.45. The van der Waals surface area contributed by atoms with E-state index in [2.05, 4.69) is 44.6 Å². The van der Waals surface area contributed by atoms with Gasteiger partial charge in [0.05, 0.1) is 0 Å². The minimum absolute atomic E-state index is 0.147. The van der Waals surface area contributed by atoms with Crippen LogP contribution in [0.1, 0.15) is 22.0 Å². The van der Waals surface area contributed by atoms with Crippen molar-refractivity contribution in [3.05, 3.63) is 47.5 Å². The summed E-state index contributed by atoms with van der Waals surface area (Å²) in [4.78, 5) is 19.2. The maximum absolute atomic E-state index is 12.4. The molecule has 1 saturated carbocycles. The average Bonchev–Trinajstić information content (AvgIpc) is 2.95. The molecule has 1 aromatic heterocycles. The predicted molar refractivity (Wildman–Crippen MR) is 91.7 cm³/mol. The first-order valence-corrected chi connectivity index (χ1v) is 8.61. The molecule has 25 heavy (non-hydrogen) atoms. The highest BCUT2D eigenvalue weighted by molar-refractivity contribution is 5.91. The topological polar surface area (TPSA) is 72.3 Å². The van der Waals surface area contributed by atoms with Crippen molar-refractivity contribution in [2.75, 3.05) is 20.2 Å². The minimum atomic E-state index is -0.147. The molecule has 0 radical (unpaired) electrons. The van der Waals surface area contributed by atoms with E-state index < -0.39 is 0 Å². The van der Waals surface area contributed by atoms with Crippen LogP contribution in [0.2, 0.25) is 0 Å². The van der Waals surface area contributed by atoms with Crippen molar-refractivity contribution in [2.24, 2.45) is 18.9 Å². The van der Waals surface area contributed by atoms with E-state index in [0.29, 0.717) is 30.1 Å². The quantitative estimate of drug-likeness (QED) is 0.842. The number of hydrogen-bond donors (Lipinski definition) is 1. The largest absolute Gasteiger partial charge is 0.377 e. The molecule has 1 saturated heterocycles. The first-order valence-electron chi connectivity index (χ1n) is 8.61. The van der Waals surface area contributed by atoms with Crippen LogP contribution < -0.4 is 5.32 Å². The molecule has 1 N–H and O–H groups in total. The van der Waals surface area contributed by atoms with Gasteiger partial charge in [-0.2, -0.15) is 5.10 Å². The zero-order chi connectivity index (χ0) is 17.4. The SMILES string of the molecule is COCc1nc(C(=O)NC2[C@H]3CN(Cc4ccccc4)C[C@H]23)n(C)n1. The van der Waals surface area contributed by atoms with Crippen LogP contribution in [0.25, 0.3) is 0 Å². The van der Waals surface area contributed by atoms with E-state index >= 15 is 0 Å². The molecular formula is C18H23N5O2. The second kappa shape index (κ2) is 6.57. The zero-order valence-corrected chi connectivity index (χ0v) is 14.6. The fraction of sp³-hybridized carbons (Fsp3) is 0.500. The monoisotopic (exact) mass is 341 g/mol. The standard InChI is InChI=1S/C18H23N5O2/c1-22-17(19-15(21-22)11-25-2)18(24)20-16-13-9-23(10-14(13)16)8-12-6-4-3-5-7-12/h3-7,13-14,16H,8-11H2,1-2H3,(H,20,24)/t13-,14-/m0/s1. The summed E-state index contributed by atoms with van der Waals surface area (Å²) in [5.74, 6) is 1.84. The number of rotatable bonds is 6. The number of hydrogen-bond acceptors (Lipinski definition) is 5. The van der Waals surface area contributed by atoms with Crippen LogP contribution in [0.4, 0.5) is 0 Å². The van der Waals surface area contributed by atoms with Gasteiger partial charge in [0.2, 0.25) is 5.82 Å². The Bertz CT molecular complexity index is 748. The Balaban J connectivity index is 1.30. The van der Waals surface area contributed by atoms with Crippen LogP contribution in [0.15, 0.2) is 30.3 Å². The number of fused-ring (bicyclic) bond motifs is 1. The lowest BCUT2D eigenvalue weighted by Crippen LogP contribution is -2.35. The van der Waals surface area contributed by atoms with Gasteiger partial charge in [-0.05, 0) is 17.4 Å². The molecule has 0 bridgehead atoms. The van der Waals surface area contributed by atoms with E-state index in [-0.39, 0.29) is 11.9 Å². The van der Waals surface area contributed by atoms with Crippen molar-refractivity contribution in [3.8, 4) is 0 Å². The van der Waals surface area contributed by atoms with Crippen molar-refractivity contribution in [1.82, 2.24) is 25.0 Å². The first-order chi connectivity index (χ1) is 12.2. The third-order valence-corrected chi connectivity index (χ3v) is 5.10. The lowest BCUT2D eigenvalue weighted by molar-refractivity contribution is 0.0927. The summed E-state index contributed by atoms with van der Waals surface area (Å²) in [6, 6.07) is 10.8. The summed E-state index contributed by atoms with van der Waals surface area (Å²) in [6.45, 7) is 3.37. The van der Waals surface area contributed by atoms with Gasteiger partial charge >= 0.3 is 0 Å². The van der Waals surface area contributed by atoms with Gasteiger partial charge in [0.25, 0.3) is 5.91 Å². The fourth-order valence-corrected chi connectivity index (χ4v) is 3.84. The summed E-state index contributed by atoms with van der Waals surface area (Å²) in [7, 11) is 3.32. The van der Waals surface area contributed by atoms with Crippen LogP contribution in [0, 0.1) is 11.8 Å². The number of aryl methyl sites for hydroxylation is 1. The van der Waals surface area contributed by atoms with Crippen molar-refractivity contribution < 1.29 is 9.53 Å². The summed E-state index contributed by atoms with van der Waals surface area (Å²) in [5, 5.41) is 7.31. The Hall–Kier alpha value is -2.25. The molecule has 2 aromatic rings. The first kappa shape index (κ1) is 16.2. The van der Waals surface area contributed by atoms with Gasteiger partial charge in [-0.15, -0.1) is 0 Å². The maximum atomic E-state index is 12.4. The molecule has 0 spiro atoms. The molecule has 4 rings (SSSR count). The van der Waals surface area contributed by atoms with E-state index in [9.17, 15) is 4.79 Å². The molecule has 2 atom stereocenters. The third-order valence-electron chi connectivity index (χ3n) is 5.10. The Labute approximate surface area is 147 Å². The molecule has 2 fully saturated rings. The van der Waals surface area contributed by atoms with Crippen molar-refractivity contribution in [1.29, 1.82) is 0 Å². The zero-order valence-electron chi connectivity index (χ0n) is 14.6. The van der Waals surface area contributed by atoms with E-state index in [1.165, 1.54) is 10.2 Å². The fourth-order valence-electron chi connectivity index (χ4n) is 3.84. The number of aromatic nitrogens is 3. The number of likely N-dealkylation sites (tertiary alicyclic amines) is 1. The molecular weight excluding hydrogens is 318 g/mol. The van der Waals surface area contributed by atoms with E-state index in [0.717, 1.165) is 19.6 Å². The van der Waals surface area contributed by atoms with Crippen molar-refractivity contribution in [3.63, 3.8) is 0 Å². The molecule has 1 aromatic carbocycles. The minimum Gasteiger partial charge on any atom is -0.377 e. The molecule has 2 aliphatic rings. The molecule has 7 nitrogen and oxygen atoms in total. The lowest BCUT2D eigenvalue weighted by Gasteiger charge is -2.19. The van der Waals surface area contributed by atoms with Crippen molar-refractivity contribution in [2.45, 2.75) is 19.2 Å². The number of amides is 1. The smallest absolute Gasteiger partial charge is 0.289 e. The highest BCUT2D eigenvalue weighted by Gasteiger charge is 2.56. The van der Waals surface area contributed by atoms with Crippen LogP contribution in [-0.2, 0) is 24.9 Å². The molecule has 1 amide bonds. The number of benzene rings is 1. The summed E-state index contributed by atoms with van der Waals surface area (Å²) in [6.07, 6.45) is 0. The molecule has 1 aliphatic heterocycles. The number of methoxy groups -OCH3 is 1. The normalized spacial score (nSPS) is 25.0. The number of piperidine rings is 1. The Morgan fingerprint density at radius 1 is 1.28 bits per heavy atom. The van der Waals surface area contributed by atoms with Crippen molar-refractivity contribution >= 4 is 5.91 Å². The Kier molecular flexibility index (Phi) is 4.27. The van der Waals surface area contributed by atoms with Crippen LogP contribution in [0.5, 0.6) is 0 Å². The summed E-state index contributed by atoms with van der Waals surface area (Å²) >= 11 is 0. The van der Waals surface area contributed by atoms with Crippen LogP contribution in [-0.4, -0.2) is 51.8 Å². The molecule has 0 unspecified atom stereocenters. The average molecular weight is 341 g/mol. The highest BCUT2D eigenvalue weighted by atomic mass is 16.5. The molecule has 7 heteroatoms. The number of nitrogens with zero attached hydrogens (tertiary/aromatic N) is 4. The third kappa shape index (κ3) is 3.29. The second-order valence-corrected chi connectivity index (χ2v) is 6.91. The van der Waals surface area contributed by atoms with Crippen LogP contribution in [0.3, 0.4) is 0 Å². The molecule has 132 valence electrons. The number of ether oxygens (including phenoxy) is 1. The van der Waals surface area contributed by atoms with E-state index in [1.807, 2.05) is 6.07 Å². The van der Waals surface area contributed by atoms with E-state index in [1.54, 1.807) is 14.2 Å². The van der Waals surface area contributed by atoms with Gasteiger partial charge in [-0.3, -0.25) is 9.69 Å². The Morgan fingerprint density at radius 2 is 2.00 bits per heavy atom. The molecule has 2 heterocycles. The van der Waals surface area contributed by atoms with E-state index in [4.69, 9.17) is 4.74 Å². The lowest BCUT2D eigenvalue weighted by atomic mass is 10.2. The predicted octanol–water partition coefficient (Wildman–Crippen LogP) is 0.822. The van der Waals surface area contributed by atoms with Crippen LogP contribution >= 0.6 is 0 Å². The Morgan fingerprint density at radius 3 is 2.68 bits per heavy atom. The summed E-state index contributed by atoms with van der Waals surface area (Å²) < 4.78 is 6.53. The van der Waals surface area contributed by atoms with Gasteiger partial charge in [-0.25, -0.2) is 9.67 Å². The van der Waals surface area contributed by atoms with Gasteiger partial charge in [0.1, 0.15) is 6.61 Å². The number of carbonyl (C=O) groups excluding carboxylic acids is 1. The number of nitrogens with one attached hydrogen (secondary N) is 1. The number of carbonyl (C=O) groups is 1. The van der Waals surface area contributed by atoms with Gasteiger partial charge in [-0.1, -0.05) is 30.3 Å². The molecule has 1 aliphatic carbocycles. The summed E-state index contributed by atoms with van der Waals surface area (Å²) in [5.41, 5.74) is 1.34. The van der Waals surface area contributed by atoms with Gasteiger partial charge in [0.15, 0.2) is 5.82 Å².